The maximum atomic E-state index is 10.7. The molecule has 6 heteroatoms. The molecule has 0 aliphatic carbocycles. The molecule has 0 saturated carbocycles. The number of nitrogens with zero attached hydrogens (tertiary/aromatic N) is 1. The molecule has 0 atom stereocenters. The van der Waals surface area contributed by atoms with Crippen molar-refractivity contribution < 1.29 is 9.66 Å². The second-order valence-corrected chi connectivity index (χ2v) is 5.65. The zero-order valence-electron chi connectivity index (χ0n) is 10.6. The molecular weight excluding hydrogens is 312 g/mol. The van der Waals surface area contributed by atoms with E-state index >= 15 is 0 Å². The molecular formula is C13H17BrN2O3. The van der Waals surface area contributed by atoms with Crippen molar-refractivity contribution in [2.45, 2.75) is 19.3 Å². The van der Waals surface area contributed by atoms with Gasteiger partial charge < -0.3 is 10.1 Å². The zero-order valence-corrected chi connectivity index (χ0v) is 12.2. The van der Waals surface area contributed by atoms with Crippen molar-refractivity contribution in [3.05, 3.63) is 32.8 Å². The first-order chi connectivity index (χ1) is 9.15. The van der Waals surface area contributed by atoms with E-state index in [-0.39, 0.29) is 5.69 Å². The van der Waals surface area contributed by atoms with Crippen LogP contribution in [0.25, 0.3) is 0 Å². The van der Waals surface area contributed by atoms with Gasteiger partial charge in [0.05, 0.1) is 17.6 Å². The molecule has 2 rings (SSSR count). The smallest absolute Gasteiger partial charge is 0.274 e. The molecule has 0 bridgehead atoms. The molecule has 0 unspecified atom stereocenters. The number of nitro benzene ring substituents is 1. The summed E-state index contributed by atoms with van der Waals surface area (Å²) in [6.07, 6.45) is 3.37. The summed E-state index contributed by atoms with van der Waals surface area (Å²) in [6.45, 7) is 2.76. The molecule has 0 aromatic heterocycles. The summed E-state index contributed by atoms with van der Waals surface area (Å²) in [5.74, 6) is 1.25. The summed E-state index contributed by atoms with van der Waals surface area (Å²) in [6, 6.07) is 4.70. The van der Waals surface area contributed by atoms with E-state index in [0.717, 1.165) is 19.5 Å². The molecule has 1 aromatic carbocycles. The Kier molecular flexibility index (Phi) is 5.15. The highest BCUT2D eigenvalue weighted by Crippen LogP contribution is 2.26. The van der Waals surface area contributed by atoms with Crippen molar-refractivity contribution in [3.8, 4) is 5.75 Å². The van der Waals surface area contributed by atoms with Crippen molar-refractivity contribution in [1.82, 2.24) is 5.32 Å². The van der Waals surface area contributed by atoms with Gasteiger partial charge in [-0.3, -0.25) is 10.1 Å². The van der Waals surface area contributed by atoms with Crippen LogP contribution in [0.15, 0.2) is 22.7 Å². The van der Waals surface area contributed by atoms with Crippen molar-refractivity contribution in [2.75, 3.05) is 19.7 Å². The number of hydrogen-bond donors (Lipinski definition) is 1. The molecule has 0 spiro atoms. The molecule has 0 amide bonds. The first-order valence-electron chi connectivity index (χ1n) is 6.43. The molecule has 1 aliphatic rings. The topological polar surface area (TPSA) is 64.4 Å². The van der Waals surface area contributed by atoms with Crippen LogP contribution in [-0.4, -0.2) is 24.6 Å². The van der Waals surface area contributed by atoms with E-state index in [4.69, 9.17) is 4.74 Å². The number of piperidine rings is 1. The van der Waals surface area contributed by atoms with Gasteiger partial charge in [0.1, 0.15) is 5.75 Å². The second-order valence-electron chi connectivity index (χ2n) is 4.73. The van der Waals surface area contributed by atoms with E-state index in [1.54, 1.807) is 6.07 Å². The third kappa shape index (κ3) is 4.47. The summed E-state index contributed by atoms with van der Waals surface area (Å²) in [4.78, 5) is 10.3. The lowest BCUT2D eigenvalue weighted by atomic mass is 9.95. The number of non-ortho nitro benzene ring substituents is 1. The molecule has 1 N–H and O–H groups in total. The minimum absolute atomic E-state index is 0.0474. The lowest BCUT2D eigenvalue weighted by molar-refractivity contribution is -0.385. The van der Waals surface area contributed by atoms with Crippen molar-refractivity contribution in [3.63, 3.8) is 0 Å². The van der Waals surface area contributed by atoms with Crippen molar-refractivity contribution in [1.29, 1.82) is 0 Å². The quantitative estimate of drug-likeness (QED) is 0.666. The highest BCUT2D eigenvalue weighted by atomic mass is 79.9. The van der Waals surface area contributed by atoms with Crippen molar-refractivity contribution >= 4 is 21.6 Å². The molecule has 1 heterocycles. The van der Waals surface area contributed by atoms with Crippen LogP contribution in [0.2, 0.25) is 0 Å². The van der Waals surface area contributed by atoms with Gasteiger partial charge in [0, 0.05) is 10.5 Å². The standard InChI is InChI=1S/C13H17BrN2O3/c14-11-7-12(16(17)18)9-13(8-11)19-6-3-10-1-4-15-5-2-10/h7-10,15H,1-6H2. The van der Waals surface area contributed by atoms with Gasteiger partial charge in [-0.05, 0) is 44.3 Å². The summed E-state index contributed by atoms with van der Waals surface area (Å²) in [5, 5.41) is 14.1. The van der Waals surface area contributed by atoms with E-state index in [9.17, 15) is 10.1 Å². The van der Waals surface area contributed by atoms with Gasteiger partial charge in [0.2, 0.25) is 0 Å². The van der Waals surface area contributed by atoms with E-state index < -0.39 is 4.92 Å². The third-order valence-corrected chi connectivity index (χ3v) is 3.78. The van der Waals surface area contributed by atoms with Crippen LogP contribution in [0.4, 0.5) is 5.69 Å². The molecule has 19 heavy (non-hydrogen) atoms. The Morgan fingerprint density at radius 2 is 2.11 bits per heavy atom. The summed E-state index contributed by atoms with van der Waals surface area (Å²) >= 11 is 3.26. The third-order valence-electron chi connectivity index (χ3n) is 3.32. The molecule has 5 nitrogen and oxygen atoms in total. The Morgan fingerprint density at radius 3 is 2.79 bits per heavy atom. The van der Waals surface area contributed by atoms with Gasteiger partial charge in [0.25, 0.3) is 5.69 Å². The molecule has 1 aliphatic heterocycles. The highest BCUT2D eigenvalue weighted by molar-refractivity contribution is 9.10. The van der Waals surface area contributed by atoms with Crippen molar-refractivity contribution in [2.24, 2.45) is 5.92 Å². The van der Waals surface area contributed by atoms with Gasteiger partial charge >= 0.3 is 0 Å². The van der Waals surface area contributed by atoms with E-state index in [2.05, 4.69) is 21.2 Å². The molecule has 1 fully saturated rings. The Morgan fingerprint density at radius 1 is 1.37 bits per heavy atom. The van der Waals surface area contributed by atoms with Gasteiger partial charge in [-0.25, -0.2) is 0 Å². The van der Waals surface area contributed by atoms with E-state index in [1.807, 2.05) is 0 Å². The number of benzene rings is 1. The predicted molar refractivity (Wildman–Crippen MR) is 76.5 cm³/mol. The first-order valence-corrected chi connectivity index (χ1v) is 7.23. The minimum atomic E-state index is -0.412. The number of halogens is 1. The summed E-state index contributed by atoms with van der Waals surface area (Å²) < 4.78 is 6.29. The average molecular weight is 329 g/mol. The monoisotopic (exact) mass is 328 g/mol. The Balaban J connectivity index is 1.86. The predicted octanol–water partition coefficient (Wildman–Crippen LogP) is 3.13. The number of rotatable bonds is 5. The Hall–Kier alpha value is -1.14. The minimum Gasteiger partial charge on any atom is -0.493 e. The lowest BCUT2D eigenvalue weighted by Gasteiger charge is -2.22. The molecule has 1 saturated heterocycles. The average Bonchev–Trinajstić information content (AvgIpc) is 2.39. The van der Waals surface area contributed by atoms with Crippen LogP contribution in [0, 0.1) is 16.0 Å². The zero-order chi connectivity index (χ0) is 13.7. The Labute approximate surface area is 120 Å². The first kappa shape index (κ1) is 14.3. The van der Waals surface area contributed by atoms with Gasteiger partial charge in [-0.1, -0.05) is 15.9 Å². The molecule has 0 radical (unpaired) electrons. The lowest BCUT2D eigenvalue weighted by Crippen LogP contribution is -2.28. The largest absolute Gasteiger partial charge is 0.493 e. The molecule has 104 valence electrons. The summed E-state index contributed by atoms with van der Waals surface area (Å²) in [5.41, 5.74) is 0.0474. The van der Waals surface area contributed by atoms with E-state index in [1.165, 1.54) is 25.0 Å². The van der Waals surface area contributed by atoms with Crippen LogP contribution in [-0.2, 0) is 0 Å². The van der Waals surface area contributed by atoms with Crippen LogP contribution in [0.3, 0.4) is 0 Å². The Bertz CT molecular complexity index is 448. The fourth-order valence-corrected chi connectivity index (χ4v) is 2.71. The number of ether oxygens (including phenoxy) is 1. The summed E-state index contributed by atoms with van der Waals surface area (Å²) in [7, 11) is 0. The number of hydrogen-bond acceptors (Lipinski definition) is 4. The van der Waals surface area contributed by atoms with Crippen LogP contribution < -0.4 is 10.1 Å². The number of nitro groups is 1. The van der Waals surface area contributed by atoms with Crippen LogP contribution in [0.1, 0.15) is 19.3 Å². The van der Waals surface area contributed by atoms with E-state index in [0.29, 0.717) is 22.7 Å². The fraction of sp³-hybridized carbons (Fsp3) is 0.538. The van der Waals surface area contributed by atoms with Gasteiger partial charge in [-0.2, -0.15) is 0 Å². The molecule has 1 aromatic rings. The van der Waals surface area contributed by atoms with Crippen LogP contribution >= 0.6 is 15.9 Å². The van der Waals surface area contributed by atoms with Gasteiger partial charge in [-0.15, -0.1) is 0 Å². The maximum Gasteiger partial charge on any atom is 0.274 e. The fourth-order valence-electron chi connectivity index (χ4n) is 2.25. The number of nitrogens with one attached hydrogen (secondary N) is 1. The van der Waals surface area contributed by atoms with Crippen LogP contribution in [0.5, 0.6) is 5.75 Å². The maximum absolute atomic E-state index is 10.7. The highest BCUT2D eigenvalue weighted by Gasteiger charge is 2.13. The SMILES string of the molecule is O=[N+]([O-])c1cc(Br)cc(OCCC2CCNCC2)c1. The second kappa shape index (κ2) is 6.86. The normalized spacial score (nSPS) is 16.3. The van der Waals surface area contributed by atoms with Gasteiger partial charge in [0.15, 0.2) is 0 Å².